The zero-order valence-electron chi connectivity index (χ0n) is 11.7. The lowest BCUT2D eigenvalue weighted by atomic mass is 10.0. The summed E-state index contributed by atoms with van der Waals surface area (Å²) in [5.74, 6) is 0.858. The lowest BCUT2D eigenvalue weighted by Gasteiger charge is -2.26. The Morgan fingerprint density at radius 3 is 2.71 bits per heavy atom. The summed E-state index contributed by atoms with van der Waals surface area (Å²) in [6.45, 7) is 1.15. The van der Waals surface area contributed by atoms with Crippen LogP contribution >= 0.6 is 0 Å². The third-order valence-corrected chi connectivity index (χ3v) is 3.56. The molecular weight excluding hydrogens is 264 g/mol. The van der Waals surface area contributed by atoms with Crippen LogP contribution in [0.25, 0.3) is 0 Å². The number of hydrogen-bond donors (Lipinski definition) is 2. The maximum Gasteiger partial charge on any atom is 0.315 e. The fraction of sp³-hybridized carbons (Fsp3) is 0.235. The van der Waals surface area contributed by atoms with Crippen LogP contribution in [0.2, 0.25) is 0 Å². The molecule has 1 atom stereocenters. The van der Waals surface area contributed by atoms with Crippen molar-refractivity contribution in [1.29, 1.82) is 0 Å². The summed E-state index contributed by atoms with van der Waals surface area (Å²) < 4.78 is 5.59. The zero-order chi connectivity index (χ0) is 14.5. The summed E-state index contributed by atoms with van der Waals surface area (Å²) in [5, 5.41) is 5.90. The molecule has 1 unspecified atom stereocenters. The summed E-state index contributed by atoms with van der Waals surface area (Å²) in [6, 6.07) is 17.6. The van der Waals surface area contributed by atoms with Gasteiger partial charge in [0.15, 0.2) is 0 Å². The summed E-state index contributed by atoms with van der Waals surface area (Å²) >= 11 is 0. The average molecular weight is 282 g/mol. The molecule has 2 aromatic rings. The first kappa shape index (κ1) is 13.5. The van der Waals surface area contributed by atoms with E-state index in [1.807, 2.05) is 54.6 Å². The molecule has 4 heteroatoms. The van der Waals surface area contributed by atoms with E-state index >= 15 is 0 Å². The third-order valence-electron chi connectivity index (χ3n) is 3.56. The van der Waals surface area contributed by atoms with Crippen LogP contribution in [0.3, 0.4) is 0 Å². The van der Waals surface area contributed by atoms with Crippen LogP contribution < -0.4 is 15.4 Å². The highest BCUT2D eigenvalue weighted by Gasteiger charge is 2.22. The van der Waals surface area contributed by atoms with Gasteiger partial charge in [-0.3, -0.25) is 0 Å². The molecule has 2 N–H and O–H groups in total. The molecule has 0 aliphatic carbocycles. The van der Waals surface area contributed by atoms with Gasteiger partial charge in [0, 0.05) is 18.5 Å². The van der Waals surface area contributed by atoms with Crippen molar-refractivity contribution in [1.82, 2.24) is 10.6 Å². The minimum Gasteiger partial charge on any atom is -0.493 e. The second-order valence-electron chi connectivity index (χ2n) is 5.04. The lowest BCUT2D eigenvalue weighted by Crippen LogP contribution is -2.39. The van der Waals surface area contributed by atoms with Crippen molar-refractivity contribution in [3.8, 4) is 5.75 Å². The number of hydrogen-bond acceptors (Lipinski definition) is 2. The molecule has 0 radical (unpaired) electrons. The van der Waals surface area contributed by atoms with Crippen LogP contribution in [0.1, 0.15) is 23.6 Å². The van der Waals surface area contributed by atoms with Gasteiger partial charge in [0.05, 0.1) is 12.6 Å². The number of fused-ring (bicyclic) bond motifs is 1. The normalized spacial score (nSPS) is 16.5. The van der Waals surface area contributed by atoms with Crippen LogP contribution in [-0.4, -0.2) is 12.6 Å². The van der Waals surface area contributed by atoms with E-state index in [1.54, 1.807) is 0 Å². The van der Waals surface area contributed by atoms with E-state index in [0.717, 1.165) is 23.3 Å². The first-order valence-corrected chi connectivity index (χ1v) is 7.13. The van der Waals surface area contributed by atoms with E-state index in [4.69, 9.17) is 4.74 Å². The second kappa shape index (κ2) is 6.31. The third kappa shape index (κ3) is 3.34. The van der Waals surface area contributed by atoms with Gasteiger partial charge in [-0.2, -0.15) is 0 Å². The van der Waals surface area contributed by atoms with Crippen molar-refractivity contribution in [3.63, 3.8) is 0 Å². The summed E-state index contributed by atoms with van der Waals surface area (Å²) in [5.41, 5.74) is 2.12. The summed E-state index contributed by atoms with van der Waals surface area (Å²) in [6.07, 6.45) is 0.787. The molecule has 108 valence electrons. The molecule has 0 saturated carbocycles. The van der Waals surface area contributed by atoms with Gasteiger partial charge in [0.2, 0.25) is 0 Å². The van der Waals surface area contributed by atoms with Crippen LogP contribution in [0.4, 0.5) is 4.79 Å². The van der Waals surface area contributed by atoms with Crippen LogP contribution in [0, 0.1) is 0 Å². The molecule has 0 aromatic heterocycles. The molecule has 0 fully saturated rings. The smallest absolute Gasteiger partial charge is 0.315 e. The SMILES string of the molecule is O=C(NCc1ccccc1)NC1CCOc2ccccc21. The molecule has 2 amide bonds. The molecule has 3 rings (SSSR count). The molecule has 21 heavy (non-hydrogen) atoms. The van der Waals surface area contributed by atoms with Crippen LogP contribution in [-0.2, 0) is 6.54 Å². The van der Waals surface area contributed by atoms with Gasteiger partial charge < -0.3 is 15.4 Å². The monoisotopic (exact) mass is 282 g/mol. The van der Waals surface area contributed by atoms with Gasteiger partial charge in [-0.1, -0.05) is 48.5 Å². The fourth-order valence-electron chi connectivity index (χ4n) is 2.48. The minimum atomic E-state index is -0.152. The number of para-hydroxylation sites is 1. The van der Waals surface area contributed by atoms with Crippen LogP contribution in [0.15, 0.2) is 54.6 Å². The highest BCUT2D eigenvalue weighted by Crippen LogP contribution is 2.31. The number of urea groups is 1. The number of ether oxygens (including phenoxy) is 1. The zero-order valence-corrected chi connectivity index (χ0v) is 11.7. The first-order chi connectivity index (χ1) is 10.3. The van der Waals surface area contributed by atoms with Crippen molar-refractivity contribution in [2.24, 2.45) is 0 Å². The fourth-order valence-corrected chi connectivity index (χ4v) is 2.48. The molecule has 0 bridgehead atoms. The van der Waals surface area contributed by atoms with Gasteiger partial charge in [-0.15, -0.1) is 0 Å². The highest BCUT2D eigenvalue weighted by molar-refractivity contribution is 5.74. The Morgan fingerprint density at radius 1 is 1.10 bits per heavy atom. The maximum absolute atomic E-state index is 12.0. The molecule has 2 aromatic carbocycles. The Bertz CT molecular complexity index is 613. The summed E-state index contributed by atoms with van der Waals surface area (Å²) in [4.78, 5) is 12.0. The number of benzene rings is 2. The van der Waals surface area contributed by atoms with Crippen molar-refractivity contribution < 1.29 is 9.53 Å². The Hall–Kier alpha value is -2.49. The maximum atomic E-state index is 12.0. The molecular formula is C17H18N2O2. The van der Waals surface area contributed by atoms with E-state index in [-0.39, 0.29) is 12.1 Å². The highest BCUT2D eigenvalue weighted by atomic mass is 16.5. The van der Waals surface area contributed by atoms with Gasteiger partial charge in [-0.25, -0.2) is 4.79 Å². The molecule has 0 spiro atoms. The van der Waals surface area contributed by atoms with Gasteiger partial charge in [0.25, 0.3) is 0 Å². The average Bonchev–Trinajstić information content (AvgIpc) is 2.54. The standard InChI is InChI=1S/C17H18N2O2/c20-17(18-12-13-6-2-1-3-7-13)19-15-10-11-21-16-9-5-4-8-14(15)16/h1-9,15H,10-12H2,(H2,18,19,20). The van der Waals surface area contributed by atoms with E-state index in [2.05, 4.69) is 10.6 Å². The quantitative estimate of drug-likeness (QED) is 0.909. The van der Waals surface area contributed by atoms with Crippen molar-refractivity contribution in [3.05, 3.63) is 65.7 Å². The topological polar surface area (TPSA) is 50.4 Å². The van der Waals surface area contributed by atoms with E-state index < -0.39 is 0 Å². The Kier molecular flexibility index (Phi) is 4.05. The van der Waals surface area contributed by atoms with E-state index in [0.29, 0.717) is 13.2 Å². The lowest BCUT2D eigenvalue weighted by molar-refractivity contribution is 0.223. The molecule has 4 nitrogen and oxygen atoms in total. The predicted molar refractivity (Wildman–Crippen MR) is 81.1 cm³/mol. The molecule has 1 heterocycles. The number of carbonyl (C=O) groups excluding carboxylic acids is 1. The summed E-state index contributed by atoms with van der Waals surface area (Å²) in [7, 11) is 0. The predicted octanol–water partition coefficient (Wildman–Crippen LogP) is 3.01. The number of rotatable bonds is 3. The van der Waals surface area contributed by atoms with Crippen molar-refractivity contribution >= 4 is 6.03 Å². The minimum absolute atomic E-state index is 0.00530. The Balaban J connectivity index is 1.58. The Morgan fingerprint density at radius 2 is 1.86 bits per heavy atom. The van der Waals surface area contributed by atoms with Gasteiger partial charge in [0.1, 0.15) is 5.75 Å². The molecule has 1 aliphatic rings. The largest absolute Gasteiger partial charge is 0.493 e. The number of amides is 2. The molecule has 0 saturated heterocycles. The van der Waals surface area contributed by atoms with E-state index in [1.165, 1.54) is 0 Å². The Labute approximate surface area is 124 Å². The van der Waals surface area contributed by atoms with Crippen molar-refractivity contribution in [2.75, 3.05) is 6.61 Å². The van der Waals surface area contributed by atoms with Gasteiger partial charge in [-0.05, 0) is 11.6 Å². The van der Waals surface area contributed by atoms with Crippen molar-refractivity contribution in [2.45, 2.75) is 19.0 Å². The first-order valence-electron chi connectivity index (χ1n) is 7.13. The second-order valence-corrected chi connectivity index (χ2v) is 5.04. The number of nitrogens with one attached hydrogen (secondary N) is 2. The number of carbonyl (C=O) groups is 1. The van der Waals surface area contributed by atoms with Gasteiger partial charge >= 0.3 is 6.03 Å². The van der Waals surface area contributed by atoms with Crippen LogP contribution in [0.5, 0.6) is 5.75 Å². The van der Waals surface area contributed by atoms with E-state index in [9.17, 15) is 4.79 Å². The molecule has 1 aliphatic heterocycles.